The number of amides is 3. The summed E-state index contributed by atoms with van der Waals surface area (Å²) in [6.45, 7) is 9.81. The van der Waals surface area contributed by atoms with Gasteiger partial charge in [-0.1, -0.05) is 39.8 Å². The van der Waals surface area contributed by atoms with Crippen LogP contribution >= 0.6 is 0 Å². The summed E-state index contributed by atoms with van der Waals surface area (Å²) in [5.41, 5.74) is 6.79. The molecule has 2 aromatic heterocycles. The van der Waals surface area contributed by atoms with Crippen LogP contribution in [0.2, 0.25) is 0 Å². The number of alkyl carbamates (subject to hydrolysis) is 2. The van der Waals surface area contributed by atoms with Crippen LogP contribution in [0, 0.1) is 17.8 Å². The van der Waals surface area contributed by atoms with Gasteiger partial charge in [-0.25, -0.2) is 19.6 Å². The zero-order valence-electron chi connectivity index (χ0n) is 33.4. The highest BCUT2D eigenvalue weighted by atomic mass is 16.5. The number of fused-ring (bicyclic) bond motifs is 4. The lowest BCUT2D eigenvalue weighted by atomic mass is 9.86. The van der Waals surface area contributed by atoms with E-state index in [2.05, 4.69) is 57.6 Å². The Labute approximate surface area is 328 Å². The van der Waals surface area contributed by atoms with Crippen LogP contribution in [0.3, 0.4) is 0 Å². The molecule has 1 saturated carbocycles. The quantitative estimate of drug-likeness (QED) is 0.204. The predicted octanol–water partition coefficient (Wildman–Crippen LogP) is 6.33. The Morgan fingerprint density at radius 3 is 2.39 bits per heavy atom. The zero-order chi connectivity index (χ0) is 39.2. The number of methoxy groups -OCH3 is 2. The zero-order valence-corrected chi connectivity index (χ0v) is 33.4. The van der Waals surface area contributed by atoms with Crippen molar-refractivity contribution in [3.8, 4) is 0 Å². The second-order valence-corrected chi connectivity index (χ2v) is 16.9. The Kier molecular flexibility index (Phi) is 10.6. The largest absolute Gasteiger partial charge is 0.485 e. The van der Waals surface area contributed by atoms with Crippen molar-refractivity contribution < 1.29 is 28.6 Å². The third kappa shape index (κ3) is 7.16. The van der Waals surface area contributed by atoms with Crippen LogP contribution in [0.1, 0.15) is 114 Å². The number of ether oxygens (including phenoxy) is 3. The molecule has 3 aliphatic heterocycles. The van der Waals surface area contributed by atoms with Crippen molar-refractivity contribution in [3.63, 3.8) is 0 Å². The van der Waals surface area contributed by atoms with E-state index < -0.39 is 18.2 Å². The summed E-state index contributed by atoms with van der Waals surface area (Å²) in [6, 6.07) is -0.544. The number of allylic oxidation sites excluding steroid dienone is 4. The van der Waals surface area contributed by atoms with E-state index in [0.29, 0.717) is 5.92 Å². The van der Waals surface area contributed by atoms with Crippen LogP contribution in [0.4, 0.5) is 9.59 Å². The molecule has 2 aromatic rings. The Morgan fingerprint density at radius 2 is 1.64 bits per heavy atom. The molecule has 5 heterocycles. The lowest BCUT2D eigenvalue weighted by Gasteiger charge is -2.37. The topological polar surface area (TPSA) is 167 Å². The highest BCUT2D eigenvalue weighted by Gasteiger charge is 2.51. The van der Waals surface area contributed by atoms with Gasteiger partial charge in [0, 0.05) is 30.6 Å². The molecular weight excluding hydrogens is 713 g/mol. The van der Waals surface area contributed by atoms with Gasteiger partial charge >= 0.3 is 12.2 Å². The molecule has 2 bridgehead atoms. The van der Waals surface area contributed by atoms with E-state index in [4.69, 9.17) is 24.2 Å². The fourth-order valence-electron chi connectivity index (χ4n) is 9.81. The van der Waals surface area contributed by atoms with Gasteiger partial charge in [0.2, 0.25) is 5.91 Å². The van der Waals surface area contributed by atoms with Gasteiger partial charge < -0.3 is 39.7 Å². The molecule has 14 heteroatoms. The van der Waals surface area contributed by atoms with Crippen molar-refractivity contribution in [2.24, 2.45) is 17.8 Å². The van der Waals surface area contributed by atoms with E-state index in [-0.39, 0.29) is 48.0 Å². The molecule has 7 atom stereocenters. The van der Waals surface area contributed by atoms with Crippen molar-refractivity contribution in [2.75, 3.05) is 27.3 Å². The summed E-state index contributed by atoms with van der Waals surface area (Å²) >= 11 is 0. The van der Waals surface area contributed by atoms with E-state index in [9.17, 15) is 14.4 Å². The number of imidazole rings is 2. The first-order valence-corrected chi connectivity index (χ1v) is 20.4. The molecule has 14 nitrogen and oxygen atoms in total. The Hall–Kier alpha value is -4.85. The van der Waals surface area contributed by atoms with Crippen LogP contribution in [-0.4, -0.2) is 99.4 Å². The van der Waals surface area contributed by atoms with Crippen molar-refractivity contribution in [3.05, 3.63) is 70.6 Å². The van der Waals surface area contributed by atoms with Gasteiger partial charge in [0.05, 0.1) is 50.1 Å². The molecule has 3 fully saturated rings. The van der Waals surface area contributed by atoms with Gasteiger partial charge in [0.25, 0.3) is 0 Å². The molecule has 56 heavy (non-hydrogen) atoms. The first-order chi connectivity index (χ1) is 27.0. The fourth-order valence-corrected chi connectivity index (χ4v) is 9.81. The average Bonchev–Trinajstić information content (AvgIpc) is 4.05. The van der Waals surface area contributed by atoms with Crippen LogP contribution < -0.4 is 10.6 Å². The molecule has 300 valence electrons. The van der Waals surface area contributed by atoms with E-state index >= 15 is 0 Å². The molecule has 2 saturated heterocycles. The Morgan fingerprint density at radius 1 is 0.911 bits per heavy atom. The van der Waals surface area contributed by atoms with E-state index in [0.717, 1.165) is 98.8 Å². The average molecular weight is 769 g/mol. The second-order valence-electron chi connectivity index (χ2n) is 16.9. The summed E-state index contributed by atoms with van der Waals surface area (Å²) in [4.78, 5) is 59.5. The monoisotopic (exact) mass is 768 g/mol. The van der Waals surface area contributed by atoms with Crippen molar-refractivity contribution in [2.45, 2.75) is 115 Å². The molecule has 3 amide bonds. The van der Waals surface area contributed by atoms with Gasteiger partial charge in [-0.3, -0.25) is 9.69 Å². The summed E-state index contributed by atoms with van der Waals surface area (Å²) in [5.74, 6) is 3.11. The number of likely N-dealkylation sites (tertiary alicyclic amines) is 2. The standard InChI is InChI=1S/C42H56N8O6/c1-22(2)32(47-41(52)54-5)21-49-15-7-8-33(49)38-43-19-30(45-38)24-10-13-28-29-14-11-25(18-35(29)56-34(28)17-24)31-20-44-39(46-31)37-26-9-12-27(16-26)50(37)40(51)36(23(3)4)48-42(53)55-6/h10,13,18-20,22-23,26-27,32-34,36-37H,7-9,11-12,14-17,21H2,1-6H3,(H,43,45)(H,44,46)(H,47,52)(H,48,53). The number of hydrogen-bond acceptors (Lipinski definition) is 9. The van der Waals surface area contributed by atoms with Gasteiger partial charge in [0.1, 0.15) is 29.6 Å². The number of carbonyl (C=O) groups excluding carboxylic acids is 3. The van der Waals surface area contributed by atoms with E-state index in [1.165, 1.54) is 30.9 Å². The Balaban J connectivity index is 0.946. The summed E-state index contributed by atoms with van der Waals surface area (Å²) in [7, 11) is 2.72. The molecule has 8 rings (SSSR count). The number of nitrogens with zero attached hydrogens (tertiary/aromatic N) is 4. The number of aromatic amines is 2. The Bertz CT molecular complexity index is 1970. The summed E-state index contributed by atoms with van der Waals surface area (Å²) < 4.78 is 16.4. The lowest BCUT2D eigenvalue weighted by molar-refractivity contribution is -0.139. The molecular formula is C42H56N8O6. The van der Waals surface area contributed by atoms with E-state index in [1.54, 1.807) is 0 Å². The van der Waals surface area contributed by atoms with Crippen LogP contribution in [0.25, 0.3) is 11.1 Å². The number of H-pyrrole nitrogens is 2. The summed E-state index contributed by atoms with van der Waals surface area (Å²) in [6.07, 6.45) is 16.9. The highest BCUT2D eigenvalue weighted by Crippen LogP contribution is 2.51. The van der Waals surface area contributed by atoms with Crippen molar-refractivity contribution in [1.29, 1.82) is 0 Å². The minimum Gasteiger partial charge on any atom is -0.485 e. The molecule has 6 aliphatic rings. The number of carbonyl (C=O) groups is 3. The van der Waals surface area contributed by atoms with Crippen LogP contribution in [-0.2, 0) is 19.0 Å². The maximum absolute atomic E-state index is 14.0. The normalized spacial score (nSPS) is 26.7. The molecule has 0 aromatic carbocycles. The number of aromatic nitrogens is 4. The second kappa shape index (κ2) is 15.6. The van der Waals surface area contributed by atoms with E-state index in [1.807, 2.05) is 31.1 Å². The third-order valence-corrected chi connectivity index (χ3v) is 12.9. The van der Waals surface area contributed by atoms with Crippen LogP contribution in [0.15, 0.2) is 47.5 Å². The van der Waals surface area contributed by atoms with Gasteiger partial charge in [0.15, 0.2) is 0 Å². The number of nitrogens with one attached hydrogen (secondary N) is 4. The van der Waals surface area contributed by atoms with Crippen molar-refractivity contribution >= 4 is 29.2 Å². The van der Waals surface area contributed by atoms with Gasteiger partial charge in [-0.2, -0.15) is 0 Å². The molecule has 0 spiro atoms. The number of hydrogen-bond donors (Lipinski definition) is 4. The number of piperidine rings is 1. The maximum Gasteiger partial charge on any atom is 0.407 e. The van der Waals surface area contributed by atoms with Gasteiger partial charge in [-0.05, 0) is 92.0 Å². The lowest BCUT2D eigenvalue weighted by Crippen LogP contribution is -2.54. The molecule has 3 aliphatic carbocycles. The highest BCUT2D eigenvalue weighted by molar-refractivity contribution is 5.87. The molecule has 4 N–H and O–H groups in total. The maximum atomic E-state index is 14.0. The third-order valence-electron chi connectivity index (χ3n) is 12.9. The summed E-state index contributed by atoms with van der Waals surface area (Å²) in [5, 5.41) is 5.78. The fraction of sp³-hybridized carbons (Fsp3) is 0.595. The first kappa shape index (κ1) is 38.0. The molecule has 7 unspecified atom stereocenters. The predicted molar refractivity (Wildman–Crippen MR) is 210 cm³/mol. The smallest absolute Gasteiger partial charge is 0.407 e. The minimum atomic E-state index is -0.670. The minimum absolute atomic E-state index is 0.0192. The SMILES string of the molecule is COC(=O)NC(CN1CCCC1c1ncc(C2=CC=C3C4=C(C=C(c5cnc(C6C7CCC(C7)N6C(=O)C(NC(=O)OC)C(C)C)[nH]5)CC4)OC3C2)[nH]1)C(C)C. The van der Waals surface area contributed by atoms with Gasteiger partial charge in [-0.15, -0.1) is 0 Å². The molecule has 0 radical (unpaired) electrons. The van der Waals surface area contributed by atoms with Crippen molar-refractivity contribution in [1.82, 2.24) is 40.4 Å². The first-order valence-electron chi connectivity index (χ1n) is 20.4. The number of rotatable bonds is 11. The van der Waals surface area contributed by atoms with Crippen LogP contribution in [0.5, 0.6) is 0 Å².